The average molecular weight is 567 g/mol. The molecule has 0 aromatic heterocycles. The minimum Gasteiger partial charge on any atom is -0.480 e. The van der Waals surface area contributed by atoms with E-state index in [1.807, 2.05) is 4.90 Å². The third-order valence-corrected chi connectivity index (χ3v) is 8.88. The maximum Gasteiger partial charge on any atom is 0.322 e. The number of morpholine rings is 1. The highest BCUT2D eigenvalue weighted by Gasteiger charge is 2.62. The van der Waals surface area contributed by atoms with Gasteiger partial charge in [-0.05, 0) is 45.2 Å². The fourth-order valence-electron chi connectivity index (χ4n) is 5.01. The van der Waals surface area contributed by atoms with Gasteiger partial charge in [0.05, 0.1) is 23.5 Å². The number of hydrogen-bond acceptors (Lipinski definition) is 8. The van der Waals surface area contributed by atoms with Crippen LogP contribution in [-0.4, -0.2) is 97.3 Å². The summed E-state index contributed by atoms with van der Waals surface area (Å²) in [5, 5.41) is 17.5. The Kier molecular flexibility index (Phi) is 9.91. The second kappa shape index (κ2) is 12.7. The fourth-order valence-corrected chi connectivity index (χ4v) is 7.06. The third kappa shape index (κ3) is 7.90. The molecule has 1 aromatic carbocycles. The summed E-state index contributed by atoms with van der Waals surface area (Å²) in [6, 6.07) is 7.33. The number of nitrogens with one attached hydrogen (secondary N) is 2. The number of hydrazone groups is 1. The molecule has 5 N–H and O–H groups in total. The number of aliphatic carboxylic acids is 1. The predicted octanol–water partition coefficient (Wildman–Crippen LogP) is -0.210. The lowest BCUT2D eigenvalue weighted by Crippen LogP contribution is -2.49. The molecule has 13 nitrogen and oxygen atoms in total. The van der Waals surface area contributed by atoms with Crippen LogP contribution in [0, 0.1) is 11.8 Å². The number of hydrogen-bond donors (Lipinski definition) is 4. The minimum absolute atomic E-state index is 0.0410. The average Bonchev–Trinajstić information content (AvgIpc) is 3.57. The van der Waals surface area contributed by atoms with E-state index in [4.69, 9.17) is 15.7 Å². The van der Waals surface area contributed by atoms with Crippen LogP contribution in [0.2, 0.25) is 0 Å². The number of ether oxygens (including phenoxy) is 1. The lowest BCUT2D eigenvalue weighted by molar-refractivity contribution is -0.138. The van der Waals surface area contributed by atoms with Gasteiger partial charge in [0.2, 0.25) is 21.8 Å². The van der Waals surface area contributed by atoms with E-state index in [1.54, 1.807) is 39.0 Å². The second-order valence-corrected chi connectivity index (χ2v) is 12.5. The number of carbonyl (C=O) groups is 3. The van der Waals surface area contributed by atoms with Crippen molar-refractivity contribution in [2.45, 2.75) is 56.2 Å². The van der Waals surface area contributed by atoms with E-state index in [0.29, 0.717) is 19.7 Å². The number of carbonyl (C=O) groups excluding carboxylic acids is 2. The quantitative estimate of drug-likeness (QED) is 0.115. The number of sulfonamides is 1. The van der Waals surface area contributed by atoms with E-state index in [0.717, 1.165) is 0 Å². The molecule has 14 heteroatoms. The summed E-state index contributed by atoms with van der Waals surface area (Å²) in [6.45, 7) is 6.55. The smallest absolute Gasteiger partial charge is 0.322 e. The van der Waals surface area contributed by atoms with Crippen molar-refractivity contribution < 1.29 is 32.6 Å². The number of carboxylic acid groups (broad SMARTS) is 1. The Morgan fingerprint density at radius 3 is 2.54 bits per heavy atom. The van der Waals surface area contributed by atoms with Gasteiger partial charge in [-0.1, -0.05) is 18.2 Å². The van der Waals surface area contributed by atoms with Crippen molar-refractivity contribution in [3.05, 3.63) is 30.3 Å². The molecule has 1 heterocycles. The Morgan fingerprint density at radius 1 is 1.23 bits per heavy atom. The molecule has 1 aliphatic carbocycles. The van der Waals surface area contributed by atoms with E-state index in [9.17, 15) is 22.8 Å². The van der Waals surface area contributed by atoms with Crippen LogP contribution >= 0.6 is 0 Å². The van der Waals surface area contributed by atoms with Crippen molar-refractivity contribution in [3.63, 3.8) is 0 Å². The van der Waals surface area contributed by atoms with Gasteiger partial charge in [-0.3, -0.25) is 14.4 Å². The van der Waals surface area contributed by atoms with E-state index in [-0.39, 0.29) is 36.3 Å². The van der Waals surface area contributed by atoms with Gasteiger partial charge >= 0.3 is 5.97 Å². The Hall–Kier alpha value is -3.23. The number of benzene rings is 1. The van der Waals surface area contributed by atoms with Crippen LogP contribution in [0.15, 0.2) is 40.3 Å². The summed E-state index contributed by atoms with van der Waals surface area (Å²) in [5.41, 5.74) is -0.868. The van der Waals surface area contributed by atoms with Crippen molar-refractivity contribution in [1.82, 2.24) is 19.8 Å². The highest BCUT2D eigenvalue weighted by Crippen LogP contribution is 2.50. The maximum absolute atomic E-state index is 13.8. The van der Waals surface area contributed by atoms with Crippen LogP contribution in [0.25, 0.3) is 0 Å². The van der Waals surface area contributed by atoms with Gasteiger partial charge in [0.1, 0.15) is 12.9 Å². The van der Waals surface area contributed by atoms with E-state index >= 15 is 0 Å². The third-order valence-electron chi connectivity index (χ3n) is 6.71. The summed E-state index contributed by atoms with van der Waals surface area (Å²) >= 11 is 0. The van der Waals surface area contributed by atoms with E-state index in [2.05, 4.69) is 15.7 Å². The number of amides is 2. The predicted molar refractivity (Wildman–Crippen MR) is 143 cm³/mol. The van der Waals surface area contributed by atoms with Crippen LogP contribution in [0.4, 0.5) is 0 Å². The summed E-state index contributed by atoms with van der Waals surface area (Å²) in [5.74, 6) is 2.12. The van der Waals surface area contributed by atoms with Gasteiger partial charge in [-0.25, -0.2) is 8.42 Å². The Labute approximate surface area is 228 Å². The van der Waals surface area contributed by atoms with Crippen LogP contribution in [0.3, 0.4) is 0 Å². The standard InChI is InChI=1S/C25H38N6O7S/c1-25(2,3)31(39(36,37)18-7-5-4-6-8-18)23-19(9-10-20(32)27-14-21(33)34)22(23)24(35)28-13-17-15-30(16-29-26)11-12-38-17/h4-8,16-17,19,22-23H,9-15,26H2,1-3H3,(H,27,32)(H,28,35)(H,33,34)/t17-,19?,22+,23+/m1/s1. The molecule has 0 bridgehead atoms. The Balaban J connectivity index is 1.79. The molecule has 4 atom stereocenters. The minimum atomic E-state index is -3.99. The molecule has 1 aromatic rings. The Morgan fingerprint density at radius 2 is 1.92 bits per heavy atom. The van der Waals surface area contributed by atoms with Gasteiger partial charge in [-0.2, -0.15) is 9.41 Å². The number of carboxylic acids is 1. The summed E-state index contributed by atoms with van der Waals surface area (Å²) in [4.78, 5) is 38.4. The first-order chi connectivity index (χ1) is 18.4. The molecule has 0 radical (unpaired) electrons. The first-order valence-corrected chi connectivity index (χ1v) is 14.2. The van der Waals surface area contributed by atoms with Crippen LogP contribution in [0.1, 0.15) is 33.6 Å². The van der Waals surface area contributed by atoms with Crippen molar-refractivity contribution in [3.8, 4) is 0 Å². The zero-order valence-electron chi connectivity index (χ0n) is 22.4. The molecule has 1 unspecified atom stereocenters. The van der Waals surface area contributed by atoms with Crippen LogP contribution in [-0.2, 0) is 29.1 Å². The van der Waals surface area contributed by atoms with Gasteiger partial charge in [0.15, 0.2) is 0 Å². The fraction of sp³-hybridized carbons (Fsp3) is 0.600. The van der Waals surface area contributed by atoms with Crippen molar-refractivity contribution in [2.24, 2.45) is 22.8 Å². The topological polar surface area (TPSA) is 184 Å². The molecule has 1 saturated heterocycles. The normalized spacial score (nSPS) is 23.5. The molecule has 2 amide bonds. The van der Waals surface area contributed by atoms with Gasteiger partial charge in [0, 0.05) is 37.6 Å². The second-order valence-electron chi connectivity index (χ2n) is 10.7. The first-order valence-electron chi connectivity index (χ1n) is 12.8. The largest absolute Gasteiger partial charge is 0.480 e. The number of rotatable bonds is 12. The zero-order valence-corrected chi connectivity index (χ0v) is 23.3. The highest BCUT2D eigenvalue weighted by atomic mass is 32.2. The number of nitrogens with zero attached hydrogens (tertiary/aromatic N) is 3. The van der Waals surface area contributed by atoms with Gasteiger partial charge < -0.3 is 31.2 Å². The molecule has 3 rings (SSSR count). The first kappa shape index (κ1) is 30.3. The molecule has 39 heavy (non-hydrogen) atoms. The lowest BCUT2D eigenvalue weighted by Gasteiger charge is -2.35. The summed E-state index contributed by atoms with van der Waals surface area (Å²) in [7, 11) is -3.99. The van der Waals surface area contributed by atoms with E-state index < -0.39 is 51.9 Å². The zero-order chi connectivity index (χ0) is 28.8. The SMILES string of the molecule is CC(C)(C)N([C@H]1C(CCC(=O)NCC(=O)O)[C@@H]1C(=O)NC[C@@H]1CN(C=NN)CCO1)S(=O)(=O)c1ccccc1. The van der Waals surface area contributed by atoms with Crippen LogP contribution in [0.5, 0.6) is 0 Å². The lowest BCUT2D eigenvalue weighted by atomic mass is 10.1. The Bertz CT molecular complexity index is 1160. The number of nitrogens with two attached hydrogens (primary N) is 1. The van der Waals surface area contributed by atoms with Crippen molar-refractivity contribution in [1.29, 1.82) is 0 Å². The summed E-state index contributed by atoms with van der Waals surface area (Å²) in [6.07, 6.45) is 1.38. The van der Waals surface area contributed by atoms with Gasteiger partial charge in [-0.15, -0.1) is 0 Å². The maximum atomic E-state index is 13.8. The van der Waals surface area contributed by atoms with Gasteiger partial charge in [0.25, 0.3) is 0 Å². The molecule has 0 spiro atoms. The molecule has 2 fully saturated rings. The summed E-state index contributed by atoms with van der Waals surface area (Å²) < 4.78 is 34.7. The van der Waals surface area contributed by atoms with E-state index in [1.165, 1.54) is 22.8 Å². The molecular formula is C25H38N6O7S. The highest BCUT2D eigenvalue weighted by molar-refractivity contribution is 7.89. The molecule has 216 valence electrons. The van der Waals surface area contributed by atoms with Crippen molar-refractivity contribution in [2.75, 3.05) is 32.8 Å². The van der Waals surface area contributed by atoms with Crippen LogP contribution < -0.4 is 16.5 Å². The van der Waals surface area contributed by atoms with Crippen molar-refractivity contribution >= 4 is 34.1 Å². The molecule has 1 aliphatic heterocycles. The molecule has 1 saturated carbocycles. The molecular weight excluding hydrogens is 528 g/mol. The molecule has 2 aliphatic rings. The monoisotopic (exact) mass is 566 g/mol.